The molecule has 2 aromatic rings. The molecule has 6 heteroatoms. The highest BCUT2D eigenvalue weighted by molar-refractivity contribution is 6.38. The molecule has 1 unspecified atom stereocenters. The Labute approximate surface area is 135 Å². The summed E-state index contributed by atoms with van der Waals surface area (Å²) in [5.74, 6) is -0.376. The van der Waals surface area contributed by atoms with Crippen molar-refractivity contribution in [1.82, 2.24) is 10.3 Å². The standard InChI is InChI=1S/C17H23N3O3/c1-3-4-14(18)16(21)17(22)19-8-7-11-10-20-15-6-5-12(23-2)9-13(11)15/h5-6,9-10,14,20H,3-4,7-8,18H2,1-2H3,(H,19,22). The molecule has 1 heterocycles. The molecule has 0 saturated carbocycles. The third-order valence-electron chi connectivity index (χ3n) is 3.81. The summed E-state index contributed by atoms with van der Waals surface area (Å²) in [5, 5.41) is 3.69. The van der Waals surface area contributed by atoms with E-state index in [9.17, 15) is 9.59 Å². The van der Waals surface area contributed by atoms with Gasteiger partial charge in [-0.25, -0.2) is 0 Å². The summed E-state index contributed by atoms with van der Waals surface area (Å²) in [5.41, 5.74) is 7.74. The van der Waals surface area contributed by atoms with Crippen molar-refractivity contribution in [2.45, 2.75) is 32.2 Å². The molecule has 1 aromatic carbocycles. The molecule has 0 saturated heterocycles. The first-order valence-corrected chi connectivity index (χ1v) is 7.78. The van der Waals surface area contributed by atoms with Gasteiger partial charge in [-0.3, -0.25) is 9.59 Å². The molecular weight excluding hydrogens is 294 g/mol. The molecule has 0 spiro atoms. The third kappa shape index (κ3) is 4.10. The van der Waals surface area contributed by atoms with Crippen LogP contribution in [0, 0.1) is 0 Å². The molecule has 0 bridgehead atoms. The van der Waals surface area contributed by atoms with E-state index in [0.717, 1.165) is 28.6 Å². The maximum Gasteiger partial charge on any atom is 0.289 e. The molecule has 23 heavy (non-hydrogen) atoms. The first kappa shape index (κ1) is 17.0. The van der Waals surface area contributed by atoms with Crippen molar-refractivity contribution in [3.05, 3.63) is 30.0 Å². The lowest BCUT2D eigenvalue weighted by Crippen LogP contribution is -2.42. The van der Waals surface area contributed by atoms with Gasteiger partial charge in [0.2, 0.25) is 5.78 Å². The number of ether oxygens (including phenoxy) is 1. The highest BCUT2D eigenvalue weighted by Gasteiger charge is 2.20. The molecule has 4 N–H and O–H groups in total. The number of carbonyl (C=O) groups excluding carboxylic acids is 2. The van der Waals surface area contributed by atoms with E-state index in [-0.39, 0.29) is 0 Å². The number of H-pyrrole nitrogens is 1. The van der Waals surface area contributed by atoms with Crippen molar-refractivity contribution in [3.63, 3.8) is 0 Å². The van der Waals surface area contributed by atoms with Crippen molar-refractivity contribution < 1.29 is 14.3 Å². The third-order valence-corrected chi connectivity index (χ3v) is 3.81. The Hall–Kier alpha value is -2.34. The summed E-state index contributed by atoms with van der Waals surface area (Å²) < 4.78 is 5.23. The first-order chi connectivity index (χ1) is 11.1. The Bertz CT molecular complexity index is 693. The van der Waals surface area contributed by atoms with Gasteiger partial charge in [-0.1, -0.05) is 13.3 Å². The van der Waals surface area contributed by atoms with E-state index >= 15 is 0 Å². The number of nitrogens with one attached hydrogen (secondary N) is 2. The minimum absolute atomic E-state index is 0.383. The van der Waals surface area contributed by atoms with Gasteiger partial charge in [-0.15, -0.1) is 0 Å². The smallest absolute Gasteiger partial charge is 0.289 e. The molecule has 124 valence electrons. The Morgan fingerprint density at radius 3 is 2.87 bits per heavy atom. The van der Waals surface area contributed by atoms with Crippen LogP contribution in [0.2, 0.25) is 0 Å². The summed E-state index contributed by atoms with van der Waals surface area (Å²) in [6.07, 6.45) is 3.82. The van der Waals surface area contributed by atoms with Crippen LogP contribution in [0.3, 0.4) is 0 Å². The van der Waals surface area contributed by atoms with Crippen LogP contribution in [0.25, 0.3) is 10.9 Å². The molecular formula is C17H23N3O3. The Kier molecular flexibility index (Phi) is 5.76. The van der Waals surface area contributed by atoms with E-state index in [1.165, 1.54) is 0 Å². The predicted molar refractivity (Wildman–Crippen MR) is 89.5 cm³/mol. The van der Waals surface area contributed by atoms with Gasteiger partial charge in [-0.2, -0.15) is 0 Å². The van der Waals surface area contributed by atoms with Gasteiger partial charge >= 0.3 is 0 Å². The fourth-order valence-electron chi connectivity index (χ4n) is 2.50. The largest absolute Gasteiger partial charge is 0.497 e. The van der Waals surface area contributed by atoms with Crippen LogP contribution >= 0.6 is 0 Å². The number of fused-ring (bicyclic) bond motifs is 1. The Morgan fingerprint density at radius 1 is 1.39 bits per heavy atom. The van der Waals surface area contributed by atoms with Gasteiger partial charge in [-0.05, 0) is 36.6 Å². The topological polar surface area (TPSA) is 97.2 Å². The molecule has 0 aliphatic heterocycles. The van der Waals surface area contributed by atoms with Gasteiger partial charge in [0.25, 0.3) is 5.91 Å². The molecule has 0 radical (unpaired) electrons. The average Bonchev–Trinajstić information content (AvgIpc) is 2.96. The molecule has 1 amide bonds. The predicted octanol–water partition coefficient (Wildman–Crippen LogP) is 1.53. The number of ketones is 1. The summed E-state index contributed by atoms with van der Waals surface area (Å²) >= 11 is 0. The molecule has 6 nitrogen and oxygen atoms in total. The maximum absolute atomic E-state index is 11.8. The quantitative estimate of drug-likeness (QED) is 0.643. The Balaban J connectivity index is 1.94. The fourth-order valence-corrected chi connectivity index (χ4v) is 2.50. The zero-order valence-electron chi connectivity index (χ0n) is 13.5. The fraction of sp³-hybridized carbons (Fsp3) is 0.412. The van der Waals surface area contributed by atoms with Crippen molar-refractivity contribution in [3.8, 4) is 5.75 Å². The van der Waals surface area contributed by atoms with E-state index in [2.05, 4.69) is 10.3 Å². The number of benzene rings is 1. The lowest BCUT2D eigenvalue weighted by atomic mass is 10.1. The number of rotatable bonds is 8. The summed E-state index contributed by atoms with van der Waals surface area (Å²) in [7, 11) is 1.62. The first-order valence-electron chi connectivity index (χ1n) is 7.78. The van der Waals surface area contributed by atoms with Crippen LogP contribution < -0.4 is 15.8 Å². The lowest BCUT2D eigenvalue weighted by Gasteiger charge is -2.09. The van der Waals surface area contributed by atoms with Gasteiger partial charge in [0.05, 0.1) is 13.2 Å². The number of hydrogen-bond donors (Lipinski definition) is 3. The second kappa shape index (κ2) is 7.78. The number of Topliss-reactive ketones (excluding diaryl/α,β-unsaturated/α-hetero) is 1. The molecule has 0 fully saturated rings. The average molecular weight is 317 g/mol. The zero-order chi connectivity index (χ0) is 16.8. The van der Waals surface area contributed by atoms with E-state index in [1.54, 1.807) is 7.11 Å². The van der Waals surface area contributed by atoms with Crippen LogP contribution in [-0.4, -0.2) is 36.4 Å². The second-order valence-electron chi connectivity index (χ2n) is 5.49. The number of hydrogen-bond acceptors (Lipinski definition) is 4. The summed E-state index contributed by atoms with van der Waals surface area (Å²) in [6.45, 7) is 2.31. The number of methoxy groups -OCH3 is 1. The molecule has 0 aliphatic rings. The molecule has 0 aliphatic carbocycles. The van der Waals surface area contributed by atoms with Crippen molar-refractivity contribution >= 4 is 22.6 Å². The molecule has 2 rings (SSSR count). The van der Waals surface area contributed by atoms with Crippen molar-refractivity contribution in [2.75, 3.05) is 13.7 Å². The minimum atomic E-state index is -0.711. The van der Waals surface area contributed by atoms with Crippen LogP contribution in [-0.2, 0) is 16.0 Å². The van der Waals surface area contributed by atoms with E-state index in [1.807, 2.05) is 31.3 Å². The van der Waals surface area contributed by atoms with E-state index in [4.69, 9.17) is 10.5 Å². The number of amides is 1. The molecule has 1 atom stereocenters. The van der Waals surface area contributed by atoms with E-state index in [0.29, 0.717) is 19.4 Å². The van der Waals surface area contributed by atoms with Gasteiger partial charge in [0, 0.05) is 23.6 Å². The normalized spacial score (nSPS) is 12.1. The SMILES string of the molecule is CCCC(N)C(=O)C(=O)NCCc1c[nH]c2ccc(OC)cc12. The van der Waals surface area contributed by atoms with Crippen LogP contribution in [0.15, 0.2) is 24.4 Å². The van der Waals surface area contributed by atoms with Gasteiger partial charge in [0.15, 0.2) is 0 Å². The lowest BCUT2D eigenvalue weighted by molar-refractivity contribution is -0.138. The van der Waals surface area contributed by atoms with E-state index < -0.39 is 17.7 Å². The van der Waals surface area contributed by atoms with Crippen LogP contribution in [0.4, 0.5) is 0 Å². The summed E-state index contributed by atoms with van der Waals surface area (Å²) in [6, 6.07) is 5.07. The van der Waals surface area contributed by atoms with Crippen LogP contribution in [0.5, 0.6) is 5.75 Å². The number of aromatic amines is 1. The van der Waals surface area contributed by atoms with Gasteiger partial charge < -0.3 is 20.8 Å². The summed E-state index contributed by atoms with van der Waals surface area (Å²) in [4.78, 5) is 26.7. The second-order valence-corrected chi connectivity index (χ2v) is 5.49. The highest BCUT2D eigenvalue weighted by Crippen LogP contribution is 2.23. The molecule has 1 aromatic heterocycles. The van der Waals surface area contributed by atoms with Crippen LogP contribution in [0.1, 0.15) is 25.3 Å². The van der Waals surface area contributed by atoms with Gasteiger partial charge in [0.1, 0.15) is 5.75 Å². The number of carbonyl (C=O) groups is 2. The maximum atomic E-state index is 11.8. The number of aromatic nitrogens is 1. The van der Waals surface area contributed by atoms with Crippen molar-refractivity contribution in [2.24, 2.45) is 5.73 Å². The monoisotopic (exact) mass is 317 g/mol. The Morgan fingerprint density at radius 2 is 2.17 bits per heavy atom. The zero-order valence-corrected chi connectivity index (χ0v) is 13.5. The highest BCUT2D eigenvalue weighted by atomic mass is 16.5. The number of nitrogens with two attached hydrogens (primary N) is 1. The van der Waals surface area contributed by atoms with Crippen molar-refractivity contribution in [1.29, 1.82) is 0 Å². The minimum Gasteiger partial charge on any atom is -0.497 e.